The highest BCUT2D eigenvalue weighted by Gasteiger charge is 2.24. The van der Waals surface area contributed by atoms with Gasteiger partial charge in [-0.05, 0) is 55.9 Å². The van der Waals surface area contributed by atoms with Gasteiger partial charge in [-0.1, -0.05) is 43.3 Å². The molecule has 2 heterocycles. The number of fused-ring (bicyclic) bond motifs is 1. The highest BCUT2D eigenvalue weighted by atomic mass is 32.2. The zero-order valence-corrected chi connectivity index (χ0v) is 20.0. The minimum absolute atomic E-state index is 0.196. The summed E-state index contributed by atoms with van der Waals surface area (Å²) in [5.41, 5.74) is 9.27. The average molecular weight is 476 g/mol. The van der Waals surface area contributed by atoms with E-state index in [1.54, 1.807) is 36.5 Å². The molecule has 34 heavy (non-hydrogen) atoms. The molecule has 0 spiro atoms. The van der Waals surface area contributed by atoms with E-state index in [1.807, 2.05) is 30.5 Å². The highest BCUT2D eigenvalue weighted by molar-refractivity contribution is 7.90. The average Bonchev–Trinajstić information content (AvgIpc) is 3.25. The Labute approximate surface area is 200 Å². The molecule has 5 rings (SSSR count). The Kier molecular flexibility index (Phi) is 6.10. The highest BCUT2D eigenvalue weighted by Crippen LogP contribution is 2.34. The van der Waals surface area contributed by atoms with Crippen molar-refractivity contribution in [3.05, 3.63) is 72.6 Å². The lowest BCUT2D eigenvalue weighted by atomic mass is 9.92. The molecule has 0 unspecified atom stereocenters. The minimum atomic E-state index is -3.77. The summed E-state index contributed by atoms with van der Waals surface area (Å²) in [5, 5.41) is 4.29. The smallest absolute Gasteiger partial charge is 0.268 e. The van der Waals surface area contributed by atoms with Gasteiger partial charge in [0.05, 0.1) is 16.1 Å². The molecule has 3 N–H and O–H groups in total. The van der Waals surface area contributed by atoms with E-state index in [1.165, 1.54) is 3.97 Å². The van der Waals surface area contributed by atoms with E-state index in [4.69, 9.17) is 10.7 Å². The number of nitrogens with two attached hydrogens (primary N) is 1. The van der Waals surface area contributed by atoms with Crippen LogP contribution in [0.5, 0.6) is 0 Å². The molecular weight excluding hydrogens is 446 g/mol. The summed E-state index contributed by atoms with van der Waals surface area (Å²) in [6, 6.07) is 16.5. The molecule has 0 radical (unpaired) electrons. The van der Waals surface area contributed by atoms with Crippen molar-refractivity contribution in [1.29, 1.82) is 0 Å². The van der Waals surface area contributed by atoms with Gasteiger partial charge in [-0.25, -0.2) is 22.4 Å². The minimum Gasteiger partial charge on any atom is -0.351 e. The van der Waals surface area contributed by atoms with Crippen molar-refractivity contribution >= 4 is 26.9 Å². The topological polar surface area (TPSA) is 103 Å². The number of benzene rings is 2. The third kappa shape index (κ3) is 4.19. The number of hydrogen-bond acceptors (Lipinski definition) is 6. The summed E-state index contributed by atoms with van der Waals surface area (Å²) >= 11 is 0. The van der Waals surface area contributed by atoms with Crippen molar-refractivity contribution < 1.29 is 8.42 Å². The van der Waals surface area contributed by atoms with Gasteiger partial charge in [0.25, 0.3) is 10.0 Å². The van der Waals surface area contributed by atoms with Crippen molar-refractivity contribution in [3.8, 4) is 11.3 Å². The Morgan fingerprint density at radius 2 is 1.85 bits per heavy atom. The van der Waals surface area contributed by atoms with Crippen molar-refractivity contribution in [3.63, 3.8) is 0 Å². The van der Waals surface area contributed by atoms with Gasteiger partial charge in [0, 0.05) is 35.4 Å². The van der Waals surface area contributed by atoms with Crippen LogP contribution in [0.4, 0.5) is 5.95 Å². The normalized spacial score (nSPS) is 18.8. The standard InChI is InChI=1S/C26H29N5O2S/c1-2-18-16-28-26(29-20-10-8-9-19(27)15-20)30-25(18)23-17-31(24-14-7-6-13-22(23)24)34(32,33)21-11-4-3-5-12-21/h3-7,11-14,16-17,19-20H,2,8-10,15,27H2,1H3,(H,28,29,30)/t19-,20+/m0/s1. The van der Waals surface area contributed by atoms with Gasteiger partial charge in [0.1, 0.15) is 0 Å². The zero-order valence-electron chi connectivity index (χ0n) is 19.2. The Morgan fingerprint density at radius 3 is 2.62 bits per heavy atom. The summed E-state index contributed by atoms with van der Waals surface area (Å²) in [6.07, 6.45) is 8.33. The number of nitrogens with one attached hydrogen (secondary N) is 1. The van der Waals surface area contributed by atoms with Gasteiger partial charge in [-0.2, -0.15) is 0 Å². The SMILES string of the molecule is CCc1cnc(N[C@@H]2CCC[C@H](N)C2)nc1-c1cn(S(=O)(=O)c2ccccc2)c2ccccc12. The van der Waals surface area contributed by atoms with E-state index in [0.717, 1.165) is 54.3 Å². The predicted molar refractivity (Wildman–Crippen MR) is 135 cm³/mol. The Balaban J connectivity index is 1.62. The first-order valence-electron chi connectivity index (χ1n) is 11.8. The molecule has 2 aromatic heterocycles. The number of aryl methyl sites for hydroxylation is 1. The molecular formula is C26H29N5O2S. The van der Waals surface area contributed by atoms with Crippen molar-refractivity contribution in [2.75, 3.05) is 5.32 Å². The van der Waals surface area contributed by atoms with Crippen LogP contribution >= 0.6 is 0 Å². The van der Waals surface area contributed by atoms with Gasteiger partial charge >= 0.3 is 0 Å². The van der Waals surface area contributed by atoms with Crippen LogP contribution in [-0.4, -0.2) is 34.4 Å². The van der Waals surface area contributed by atoms with E-state index >= 15 is 0 Å². The lowest BCUT2D eigenvalue weighted by molar-refractivity contribution is 0.408. The third-order valence-electron chi connectivity index (χ3n) is 6.53. The summed E-state index contributed by atoms with van der Waals surface area (Å²) in [6.45, 7) is 2.05. The van der Waals surface area contributed by atoms with Crippen LogP contribution in [0, 0.1) is 0 Å². The molecule has 1 saturated carbocycles. The predicted octanol–water partition coefficient (Wildman–Crippen LogP) is 4.58. The summed E-state index contributed by atoms with van der Waals surface area (Å²) in [7, 11) is -3.77. The fraction of sp³-hybridized carbons (Fsp3) is 0.308. The second kappa shape index (κ2) is 9.19. The molecule has 4 aromatic rings. The van der Waals surface area contributed by atoms with Crippen LogP contribution in [0.25, 0.3) is 22.2 Å². The van der Waals surface area contributed by atoms with E-state index in [2.05, 4.69) is 17.2 Å². The van der Waals surface area contributed by atoms with Gasteiger partial charge in [-0.15, -0.1) is 0 Å². The molecule has 1 aliphatic carbocycles. The fourth-order valence-corrected chi connectivity index (χ4v) is 6.14. The summed E-state index contributed by atoms with van der Waals surface area (Å²) < 4.78 is 28.4. The van der Waals surface area contributed by atoms with Gasteiger partial charge < -0.3 is 11.1 Å². The lowest BCUT2D eigenvalue weighted by Crippen LogP contribution is -2.35. The Bertz CT molecular complexity index is 1420. The number of para-hydroxylation sites is 1. The maximum atomic E-state index is 13.5. The van der Waals surface area contributed by atoms with E-state index in [-0.39, 0.29) is 17.0 Å². The second-order valence-corrected chi connectivity index (χ2v) is 10.7. The third-order valence-corrected chi connectivity index (χ3v) is 8.21. The van der Waals surface area contributed by atoms with Crippen LogP contribution in [-0.2, 0) is 16.4 Å². The lowest BCUT2D eigenvalue weighted by Gasteiger charge is -2.27. The largest absolute Gasteiger partial charge is 0.351 e. The fourth-order valence-electron chi connectivity index (χ4n) is 4.75. The van der Waals surface area contributed by atoms with Gasteiger partial charge in [-0.3, -0.25) is 0 Å². The van der Waals surface area contributed by atoms with Crippen molar-refractivity contribution in [2.24, 2.45) is 5.73 Å². The Hall–Kier alpha value is -3.23. The maximum Gasteiger partial charge on any atom is 0.268 e. The molecule has 1 aliphatic rings. The van der Waals surface area contributed by atoms with Crippen LogP contribution in [0.2, 0.25) is 0 Å². The molecule has 2 aromatic carbocycles. The van der Waals surface area contributed by atoms with Crippen molar-refractivity contribution in [1.82, 2.24) is 13.9 Å². The summed E-state index contributed by atoms with van der Waals surface area (Å²) in [5.74, 6) is 0.550. The number of rotatable bonds is 6. The molecule has 7 nitrogen and oxygen atoms in total. The number of hydrogen-bond donors (Lipinski definition) is 2. The number of nitrogens with zero attached hydrogens (tertiary/aromatic N) is 3. The molecule has 176 valence electrons. The number of anilines is 1. The molecule has 0 amide bonds. The van der Waals surface area contributed by atoms with Crippen LogP contribution in [0.15, 0.2) is 71.9 Å². The first-order chi connectivity index (χ1) is 16.5. The molecule has 2 atom stereocenters. The van der Waals surface area contributed by atoms with E-state index < -0.39 is 10.0 Å². The first-order valence-corrected chi connectivity index (χ1v) is 13.2. The van der Waals surface area contributed by atoms with Crippen molar-refractivity contribution in [2.45, 2.75) is 56.0 Å². The molecule has 1 fully saturated rings. The molecule has 0 bridgehead atoms. The Morgan fingerprint density at radius 1 is 1.09 bits per heavy atom. The molecule has 0 saturated heterocycles. The number of aromatic nitrogens is 3. The first kappa shape index (κ1) is 22.6. The van der Waals surface area contributed by atoms with Crippen LogP contribution < -0.4 is 11.1 Å². The van der Waals surface area contributed by atoms with E-state index in [0.29, 0.717) is 11.5 Å². The second-order valence-electron chi connectivity index (χ2n) is 8.86. The molecule has 8 heteroatoms. The van der Waals surface area contributed by atoms with Crippen LogP contribution in [0.3, 0.4) is 0 Å². The van der Waals surface area contributed by atoms with Crippen LogP contribution in [0.1, 0.15) is 38.2 Å². The van der Waals surface area contributed by atoms with E-state index in [9.17, 15) is 8.42 Å². The monoisotopic (exact) mass is 475 g/mol. The maximum absolute atomic E-state index is 13.5. The van der Waals surface area contributed by atoms with Gasteiger partial charge in [0.2, 0.25) is 5.95 Å². The quantitative estimate of drug-likeness (QED) is 0.423. The van der Waals surface area contributed by atoms with Gasteiger partial charge in [0.15, 0.2) is 0 Å². The summed E-state index contributed by atoms with van der Waals surface area (Å²) in [4.78, 5) is 9.68. The zero-order chi connectivity index (χ0) is 23.7. The molecule has 0 aliphatic heterocycles.